The van der Waals surface area contributed by atoms with E-state index in [1.54, 1.807) is 0 Å². The molecule has 46 heavy (non-hydrogen) atoms. The summed E-state index contributed by atoms with van der Waals surface area (Å²) in [6, 6.07) is 0. The van der Waals surface area contributed by atoms with E-state index in [2.05, 4.69) is 29.9 Å². The maximum atomic E-state index is 11.9. The molecule has 0 aromatic carbocycles. The van der Waals surface area contributed by atoms with Crippen molar-refractivity contribution in [3.63, 3.8) is 0 Å². The molecule has 6 rings (SSSR count). The molecule has 24 nitrogen and oxygen atoms in total. The number of fused-ring (bicyclic) bond motifs is 2. The number of aromatic nitrogens is 8. The molecular formula is C20H28N10O14P2. The molecule has 1 unspecified atom stereocenters. The van der Waals surface area contributed by atoms with Gasteiger partial charge in [-0.05, 0) is 0 Å². The fourth-order valence-electron chi connectivity index (χ4n) is 4.93. The smallest absolute Gasteiger partial charge is 0.364 e. The zero-order valence-electron chi connectivity index (χ0n) is 22.9. The van der Waals surface area contributed by atoms with Crippen LogP contribution in [0.5, 0.6) is 0 Å². The lowest BCUT2D eigenvalue weighted by Crippen LogP contribution is -2.48. The number of aliphatic hydroxyl groups is 6. The van der Waals surface area contributed by atoms with Crippen molar-refractivity contribution in [2.24, 2.45) is 0 Å². The number of nitrogens with two attached hydrogens (primary N) is 2. The zero-order chi connectivity index (χ0) is 33.9. The van der Waals surface area contributed by atoms with E-state index in [9.17, 15) is 44.4 Å². The molecule has 14 N–H and O–H groups in total. The summed E-state index contributed by atoms with van der Waals surface area (Å²) >= 11 is 0. The van der Waals surface area contributed by atoms with E-state index in [4.69, 9.17) is 35.8 Å². The van der Waals surface area contributed by atoms with Crippen LogP contribution in [0.2, 0.25) is 0 Å². The summed E-state index contributed by atoms with van der Waals surface area (Å²) in [6.07, 6.45) is -6.47. The molecule has 26 heteroatoms. The van der Waals surface area contributed by atoms with Gasteiger partial charge in [-0.25, -0.2) is 29.9 Å². The normalized spacial score (nSPS) is 30.9. The first-order valence-electron chi connectivity index (χ1n) is 12.8. The average molecular weight is 694 g/mol. The summed E-state index contributed by atoms with van der Waals surface area (Å²) < 4.78 is 36.0. The fraction of sp³-hybridized carbons (Fsp3) is 0.500. The molecule has 4 aromatic heterocycles. The zero-order valence-corrected chi connectivity index (χ0v) is 24.7. The Labute approximate surface area is 254 Å². The van der Waals surface area contributed by atoms with Gasteiger partial charge in [0.1, 0.15) is 54.2 Å². The predicted octanol–water partition coefficient (Wildman–Crippen LogP) is -4.95. The number of anilines is 2. The van der Waals surface area contributed by atoms with Crippen molar-refractivity contribution < 1.29 is 68.8 Å². The van der Waals surface area contributed by atoms with E-state index in [1.165, 1.54) is 17.2 Å². The highest BCUT2D eigenvalue weighted by Crippen LogP contribution is 2.62. The van der Waals surface area contributed by atoms with Gasteiger partial charge in [0.2, 0.25) is 5.34 Å². The second-order valence-corrected chi connectivity index (χ2v) is 13.6. The number of hydrogen-bond acceptors (Lipinski definition) is 18. The lowest BCUT2D eigenvalue weighted by atomic mass is 10.1. The van der Waals surface area contributed by atoms with Crippen molar-refractivity contribution in [3.8, 4) is 0 Å². The number of nitrogen functional groups attached to an aromatic ring is 2. The molecule has 252 valence electrons. The topological polar surface area (TPSA) is 394 Å². The number of aliphatic hydroxyl groups excluding tert-OH is 5. The van der Waals surface area contributed by atoms with E-state index in [1.807, 2.05) is 0 Å². The summed E-state index contributed by atoms with van der Waals surface area (Å²) in [5.74, 6) is -2.57. The van der Waals surface area contributed by atoms with Gasteiger partial charge in [0.25, 0.3) is 0 Å². The highest BCUT2D eigenvalue weighted by molar-refractivity contribution is 7.53. The molecule has 4 aromatic rings. The Kier molecular flexibility index (Phi) is 8.91. The first kappa shape index (κ1) is 34.0. The van der Waals surface area contributed by atoms with Crippen LogP contribution in [-0.4, -0.2) is 138 Å². The van der Waals surface area contributed by atoms with E-state index in [-0.39, 0.29) is 22.8 Å². The summed E-state index contributed by atoms with van der Waals surface area (Å²) in [4.78, 5) is 60.6. The maximum absolute atomic E-state index is 11.9. The van der Waals surface area contributed by atoms with Crippen LogP contribution in [0.1, 0.15) is 12.5 Å². The second kappa shape index (κ2) is 12.0. The molecule has 0 aliphatic carbocycles. The van der Waals surface area contributed by atoms with E-state index in [0.29, 0.717) is 11.2 Å². The first-order valence-corrected chi connectivity index (χ1v) is 16.1. The van der Waals surface area contributed by atoms with Crippen molar-refractivity contribution in [1.29, 1.82) is 0 Å². The van der Waals surface area contributed by atoms with Crippen LogP contribution >= 0.6 is 15.2 Å². The molecule has 2 fully saturated rings. The highest BCUT2D eigenvalue weighted by atomic mass is 31.2. The molecule has 0 saturated carbocycles. The van der Waals surface area contributed by atoms with Crippen molar-refractivity contribution in [2.45, 2.75) is 54.2 Å². The Bertz CT molecular complexity index is 1830. The van der Waals surface area contributed by atoms with Crippen LogP contribution < -0.4 is 11.5 Å². The monoisotopic (exact) mass is 694 g/mol. The van der Waals surface area contributed by atoms with Crippen LogP contribution in [0.25, 0.3) is 22.3 Å². The van der Waals surface area contributed by atoms with Crippen molar-refractivity contribution in [1.82, 2.24) is 39.0 Å². The van der Waals surface area contributed by atoms with Crippen molar-refractivity contribution >= 4 is 49.2 Å². The van der Waals surface area contributed by atoms with Crippen LogP contribution in [0.4, 0.5) is 11.6 Å². The standard InChI is InChI=1S/C10H15N5O10P2.C10H13N5O4/c11-6-3-7(13-1-12-6)15(2-14-3)9-10(18,27(22,23)24)5(16)4(25-9)8(17)26(19,20)21;11-8-5-9(13-2-12-8)15(3-14-5)10-7(18)6(17)4(1-16)19-10/h1-2,4-5,8-9,16-18H,(H2,11,12,13)(H2,19,20,21)(H2,22,23,24);2-4,6-7,10,16-18H,1H2,(H2,11,12,13)/t4-,5+,8?,9+,10-;4-,6-,7-,10-/m01/s1. The summed E-state index contributed by atoms with van der Waals surface area (Å²) in [6.45, 7) is -0.390. The molecule has 0 spiro atoms. The third kappa shape index (κ3) is 5.52. The second-order valence-electron chi connectivity index (χ2n) is 10.1. The Morgan fingerprint density at radius 1 is 0.848 bits per heavy atom. The Morgan fingerprint density at radius 2 is 1.37 bits per heavy atom. The molecule has 2 aliphatic rings. The largest absolute Gasteiger partial charge is 0.394 e. The molecule has 6 heterocycles. The molecular weight excluding hydrogens is 666 g/mol. The predicted molar refractivity (Wildman–Crippen MR) is 147 cm³/mol. The minimum atomic E-state index is -5.60. The van der Waals surface area contributed by atoms with E-state index < -0.39 is 76.0 Å². The van der Waals surface area contributed by atoms with Crippen molar-refractivity contribution in [3.05, 3.63) is 25.3 Å². The summed E-state index contributed by atoms with van der Waals surface area (Å²) in [5.41, 5.74) is 11.9. The summed E-state index contributed by atoms with van der Waals surface area (Å²) in [7, 11) is -10.9. The molecule has 0 radical (unpaired) electrons. The number of hydrogen-bond donors (Lipinski definition) is 12. The van der Waals surface area contributed by atoms with Crippen molar-refractivity contribution in [2.75, 3.05) is 18.1 Å². The third-order valence-electron chi connectivity index (χ3n) is 7.32. The van der Waals surface area contributed by atoms with Crippen LogP contribution in [0.15, 0.2) is 25.3 Å². The molecule has 0 bridgehead atoms. The van der Waals surface area contributed by atoms with Gasteiger partial charge in [-0.2, -0.15) is 0 Å². The molecule has 0 amide bonds. The fourth-order valence-corrected chi connectivity index (χ4v) is 6.51. The van der Waals surface area contributed by atoms with E-state index >= 15 is 0 Å². The average Bonchev–Trinajstić information content (AvgIpc) is 3.74. The minimum Gasteiger partial charge on any atom is -0.394 e. The third-order valence-corrected chi connectivity index (χ3v) is 9.72. The SMILES string of the molecule is Nc1ncnc2c1ncn2[C@@H]1O[C@H](C(O)P(=O)(O)O)[C@@H](O)[C@]1(O)P(=O)(O)O.Nc1ncnc2c1ncn2[C@@H]1O[C@H](CO)[C@@H](O)[C@H]1O. The van der Waals surface area contributed by atoms with E-state index in [0.717, 1.165) is 17.2 Å². The lowest BCUT2D eigenvalue weighted by molar-refractivity contribution is -0.0765. The van der Waals surface area contributed by atoms with Gasteiger partial charge in [-0.1, -0.05) is 0 Å². The molecule has 2 saturated heterocycles. The molecule has 2 aliphatic heterocycles. The van der Waals surface area contributed by atoms with Crippen LogP contribution in [0.3, 0.4) is 0 Å². The number of imidazole rings is 2. The molecule has 9 atom stereocenters. The van der Waals surface area contributed by atoms with Gasteiger partial charge >= 0.3 is 15.2 Å². The Morgan fingerprint density at radius 3 is 1.85 bits per heavy atom. The Balaban J connectivity index is 0.000000192. The lowest BCUT2D eigenvalue weighted by Gasteiger charge is -2.31. The summed E-state index contributed by atoms with van der Waals surface area (Å²) in [5, 5.41) is 55.9. The quantitative estimate of drug-likeness (QED) is 0.0841. The Hall–Kier alpha value is -3.32. The van der Waals surface area contributed by atoms with Crippen LogP contribution in [0, 0.1) is 0 Å². The van der Waals surface area contributed by atoms with Gasteiger partial charge in [0.15, 0.2) is 41.2 Å². The van der Waals surface area contributed by atoms with Gasteiger partial charge in [0.05, 0.1) is 19.3 Å². The number of rotatable bonds is 6. The number of nitrogens with zero attached hydrogens (tertiary/aromatic N) is 8. The highest BCUT2D eigenvalue weighted by Gasteiger charge is 2.69. The van der Waals surface area contributed by atoms with Gasteiger partial charge in [-0.15, -0.1) is 0 Å². The van der Waals surface area contributed by atoms with Gasteiger partial charge in [-0.3, -0.25) is 18.3 Å². The maximum Gasteiger partial charge on any atom is 0.364 e. The van der Waals surface area contributed by atoms with Crippen LogP contribution in [-0.2, 0) is 18.6 Å². The number of ether oxygens (including phenoxy) is 2. The first-order chi connectivity index (χ1) is 21.4. The van der Waals surface area contributed by atoms with Gasteiger partial charge in [0, 0.05) is 0 Å². The minimum absolute atomic E-state index is 0.0253. The van der Waals surface area contributed by atoms with Gasteiger partial charge < -0.3 is 71.2 Å².